The standard InChI is InChI=1S/C14H23N3O2S/c1-11(10-19-2)16-14(18)15-5-7-17-6-3-13-12(9-17)4-8-20-13/h4,8,11H,3,5-7,9-10H2,1-2H3,(H2,15,16,18)/t11-/m1/s1. The van der Waals surface area contributed by atoms with Gasteiger partial charge in [0.05, 0.1) is 12.6 Å². The van der Waals surface area contributed by atoms with E-state index in [0.29, 0.717) is 13.2 Å². The molecule has 0 unspecified atom stereocenters. The molecule has 5 nitrogen and oxygen atoms in total. The Morgan fingerprint density at radius 3 is 3.25 bits per heavy atom. The van der Waals surface area contributed by atoms with Crippen molar-refractivity contribution in [3.8, 4) is 0 Å². The first-order chi connectivity index (χ1) is 9.69. The molecule has 0 aliphatic carbocycles. The van der Waals surface area contributed by atoms with E-state index in [2.05, 4.69) is 27.0 Å². The summed E-state index contributed by atoms with van der Waals surface area (Å²) in [5.74, 6) is 0. The van der Waals surface area contributed by atoms with Gasteiger partial charge < -0.3 is 15.4 Å². The third-order valence-electron chi connectivity index (χ3n) is 3.39. The van der Waals surface area contributed by atoms with E-state index in [1.165, 1.54) is 10.4 Å². The summed E-state index contributed by atoms with van der Waals surface area (Å²) in [5.41, 5.74) is 1.44. The number of nitrogens with one attached hydrogen (secondary N) is 2. The van der Waals surface area contributed by atoms with E-state index in [-0.39, 0.29) is 12.1 Å². The molecule has 0 bridgehead atoms. The topological polar surface area (TPSA) is 53.6 Å². The average molecular weight is 297 g/mol. The first-order valence-corrected chi connectivity index (χ1v) is 7.88. The Morgan fingerprint density at radius 1 is 1.60 bits per heavy atom. The maximum atomic E-state index is 11.6. The summed E-state index contributed by atoms with van der Waals surface area (Å²) in [6.45, 7) is 6.10. The minimum absolute atomic E-state index is 0.0309. The van der Waals surface area contributed by atoms with Crippen molar-refractivity contribution in [2.45, 2.75) is 25.9 Å². The molecule has 112 valence electrons. The number of ether oxygens (including phenoxy) is 1. The van der Waals surface area contributed by atoms with E-state index in [1.54, 1.807) is 7.11 Å². The van der Waals surface area contributed by atoms with E-state index < -0.39 is 0 Å². The summed E-state index contributed by atoms with van der Waals surface area (Å²) in [6.07, 6.45) is 1.13. The van der Waals surface area contributed by atoms with Crippen LogP contribution in [0.25, 0.3) is 0 Å². The minimum atomic E-state index is -0.122. The largest absolute Gasteiger partial charge is 0.383 e. The van der Waals surface area contributed by atoms with Gasteiger partial charge in [0, 0.05) is 38.2 Å². The number of carbonyl (C=O) groups is 1. The normalized spacial score (nSPS) is 16.5. The summed E-state index contributed by atoms with van der Waals surface area (Å²) in [4.78, 5) is 15.5. The number of hydrogen-bond acceptors (Lipinski definition) is 4. The summed E-state index contributed by atoms with van der Waals surface area (Å²) >= 11 is 1.85. The number of fused-ring (bicyclic) bond motifs is 1. The fourth-order valence-electron chi connectivity index (χ4n) is 2.39. The van der Waals surface area contributed by atoms with Crippen molar-refractivity contribution in [2.24, 2.45) is 0 Å². The molecule has 0 spiro atoms. The van der Waals surface area contributed by atoms with Crippen LogP contribution in [-0.2, 0) is 17.7 Å². The monoisotopic (exact) mass is 297 g/mol. The fraction of sp³-hybridized carbons (Fsp3) is 0.643. The highest BCUT2D eigenvalue weighted by Gasteiger charge is 2.16. The molecule has 0 fully saturated rings. The summed E-state index contributed by atoms with van der Waals surface area (Å²) < 4.78 is 4.98. The molecule has 1 aliphatic heterocycles. The number of amides is 2. The lowest BCUT2D eigenvalue weighted by atomic mass is 10.1. The van der Waals surface area contributed by atoms with E-state index in [4.69, 9.17) is 4.74 Å². The van der Waals surface area contributed by atoms with Crippen LogP contribution in [0, 0.1) is 0 Å². The molecular formula is C14H23N3O2S. The quantitative estimate of drug-likeness (QED) is 0.835. The Kier molecular flexibility index (Phi) is 5.82. The zero-order valence-corrected chi connectivity index (χ0v) is 13.0. The zero-order chi connectivity index (χ0) is 14.4. The zero-order valence-electron chi connectivity index (χ0n) is 12.1. The molecule has 1 aromatic heterocycles. The van der Waals surface area contributed by atoms with Gasteiger partial charge in [-0.25, -0.2) is 4.79 Å². The Morgan fingerprint density at radius 2 is 2.45 bits per heavy atom. The van der Waals surface area contributed by atoms with Gasteiger partial charge in [0.25, 0.3) is 0 Å². The van der Waals surface area contributed by atoms with Crippen LogP contribution in [0.4, 0.5) is 4.79 Å². The van der Waals surface area contributed by atoms with Crippen molar-refractivity contribution in [1.82, 2.24) is 15.5 Å². The van der Waals surface area contributed by atoms with Crippen molar-refractivity contribution in [1.29, 1.82) is 0 Å². The second-order valence-electron chi connectivity index (χ2n) is 5.15. The highest BCUT2D eigenvalue weighted by atomic mass is 32.1. The van der Waals surface area contributed by atoms with Crippen molar-refractivity contribution >= 4 is 17.4 Å². The van der Waals surface area contributed by atoms with Crippen molar-refractivity contribution in [2.75, 3.05) is 33.4 Å². The molecule has 0 aromatic carbocycles. The Hall–Kier alpha value is -1.11. The number of carbonyl (C=O) groups excluding carboxylic acids is 1. The fourth-order valence-corrected chi connectivity index (χ4v) is 3.28. The highest BCUT2D eigenvalue weighted by molar-refractivity contribution is 7.10. The number of methoxy groups -OCH3 is 1. The molecule has 0 radical (unpaired) electrons. The van der Waals surface area contributed by atoms with E-state index in [0.717, 1.165) is 26.1 Å². The van der Waals surface area contributed by atoms with Crippen molar-refractivity contribution < 1.29 is 9.53 Å². The van der Waals surface area contributed by atoms with Gasteiger partial charge in [-0.1, -0.05) is 0 Å². The molecule has 1 aromatic rings. The van der Waals surface area contributed by atoms with Gasteiger partial charge in [-0.05, 0) is 30.4 Å². The van der Waals surface area contributed by atoms with Gasteiger partial charge in [-0.15, -0.1) is 11.3 Å². The first-order valence-electron chi connectivity index (χ1n) is 7.00. The van der Waals surface area contributed by atoms with Gasteiger partial charge >= 0.3 is 6.03 Å². The molecule has 6 heteroatoms. The second-order valence-corrected chi connectivity index (χ2v) is 6.15. The molecule has 1 atom stereocenters. The van der Waals surface area contributed by atoms with Crippen molar-refractivity contribution in [3.05, 3.63) is 21.9 Å². The van der Waals surface area contributed by atoms with Crippen LogP contribution in [0.5, 0.6) is 0 Å². The van der Waals surface area contributed by atoms with E-state index >= 15 is 0 Å². The van der Waals surface area contributed by atoms with Gasteiger partial charge in [-0.2, -0.15) is 0 Å². The molecule has 1 aliphatic rings. The maximum absolute atomic E-state index is 11.6. The van der Waals surface area contributed by atoms with Crippen LogP contribution in [0.15, 0.2) is 11.4 Å². The van der Waals surface area contributed by atoms with Crippen LogP contribution in [0.3, 0.4) is 0 Å². The summed E-state index contributed by atoms with van der Waals surface area (Å²) in [6, 6.07) is 2.12. The molecule has 2 heterocycles. The minimum Gasteiger partial charge on any atom is -0.383 e. The van der Waals surface area contributed by atoms with Gasteiger partial charge in [0.2, 0.25) is 0 Å². The number of rotatable bonds is 6. The van der Waals surface area contributed by atoms with E-state index in [1.807, 2.05) is 18.3 Å². The Labute approximate surface area is 124 Å². The van der Waals surface area contributed by atoms with Crippen LogP contribution in [-0.4, -0.2) is 50.3 Å². The number of nitrogens with zero attached hydrogens (tertiary/aromatic N) is 1. The lowest BCUT2D eigenvalue weighted by Crippen LogP contribution is -2.45. The average Bonchev–Trinajstić information content (AvgIpc) is 2.86. The molecule has 2 amide bonds. The molecule has 20 heavy (non-hydrogen) atoms. The van der Waals surface area contributed by atoms with Crippen LogP contribution in [0.1, 0.15) is 17.4 Å². The predicted molar refractivity (Wildman–Crippen MR) is 81.2 cm³/mol. The van der Waals surface area contributed by atoms with Gasteiger partial charge in [-0.3, -0.25) is 4.90 Å². The molecule has 2 N–H and O–H groups in total. The number of urea groups is 1. The molecule has 2 rings (SSSR count). The third kappa shape index (κ3) is 4.47. The first kappa shape index (κ1) is 15.3. The van der Waals surface area contributed by atoms with Gasteiger partial charge in [0.1, 0.15) is 0 Å². The summed E-state index contributed by atoms with van der Waals surface area (Å²) in [5, 5.41) is 7.89. The van der Waals surface area contributed by atoms with Crippen LogP contribution < -0.4 is 10.6 Å². The van der Waals surface area contributed by atoms with Crippen molar-refractivity contribution in [3.63, 3.8) is 0 Å². The third-order valence-corrected chi connectivity index (χ3v) is 4.42. The van der Waals surface area contributed by atoms with Gasteiger partial charge in [0.15, 0.2) is 0 Å². The lowest BCUT2D eigenvalue weighted by Gasteiger charge is -2.26. The Balaban J connectivity index is 1.63. The Bertz CT molecular complexity index is 436. The highest BCUT2D eigenvalue weighted by Crippen LogP contribution is 2.23. The predicted octanol–water partition coefficient (Wildman–Crippen LogP) is 1.44. The maximum Gasteiger partial charge on any atom is 0.315 e. The van der Waals surface area contributed by atoms with Crippen LogP contribution >= 0.6 is 11.3 Å². The second kappa shape index (κ2) is 7.61. The number of thiophene rings is 1. The smallest absolute Gasteiger partial charge is 0.315 e. The lowest BCUT2D eigenvalue weighted by molar-refractivity contribution is 0.170. The number of hydrogen-bond donors (Lipinski definition) is 2. The molecule has 0 saturated carbocycles. The molecule has 0 saturated heterocycles. The van der Waals surface area contributed by atoms with Crippen LogP contribution in [0.2, 0.25) is 0 Å². The SMILES string of the molecule is COC[C@@H](C)NC(=O)NCCN1CCc2sccc2C1. The van der Waals surface area contributed by atoms with E-state index in [9.17, 15) is 4.79 Å². The molecular weight excluding hydrogens is 274 g/mol. The summed E-state index contributed by atoms with van der Waals surface area (Å²) in [7, 11) is 1.63.